The van der Waals surface area contributed by atoms with Gasteiger partial charge in [0.05, 0.1) is 11.5 Å². The van der Waals surface area contributed by atoms with Gasteiger partial charge in [-0.3, -0.25) is 0 Å². The molecule has 1 aliphatic rings. The van der Waals surface area contributed by atoms with Crippen molar-refractivity contribution in [3.8, 4) is 0 Å². The second-order valence-electron chi connectivity index (χ2n) is 4.42. The smallest absolute Gasteiger partial charge is 0.175 e. The molecule has 0 saturated carbocycles. The van der Waals surface area contributed by atoms with E-state index in [2.05, 4.69) is 0 Å². The zero-order chi connectivity index (χ0) is 12.7. The van der Waals surface area contributed by atoms with Crippen LogP contribution in [0.1, 0.15) is 25.0 Å². The lowest BCUT2D eigenvalue weighted by atomic mass is 9.98. The van der Waals surface area contributed by atoms with Crippen LogP contribution in [-0.4, -0.2) is 32.0 Å². The van der Waals surface area contributed by atoms with Gasteiger partial charge < -0.3 is 9.84 Å². The van der Waals surface area contributed by atoms with E-state index >= 15 is 0 Å². The minimum absolute atomic E-state index is 0.0119. The second kappa shape index (κ2) is 4.08. The first-order chi connectivity index (χ1) is 7.93. The lowest BCUT2D eigenvalue weighted by molar-refractivity contribution is 0.168. The molecular weight excluding hydrogens is 240 g/mol. The van der Waals surface area contributed by atoms with E-state index in [0.29, 0.717) is 4.90 Å². The highest BCUT2D eigenvalue weighted by atomic mass is 32.2. The number of hydrogen-bond acceptors (Lipinski definition) is 4. The molecule has 0 unspecified atom stereocenters. The van der Waals surface area contributed by atoms with Crippen LogP contribution in [0.3, 0.4) is 0 Å². The van der Waals surface area contributed by atoms with Crippen LogP contribution in [0.15, 0.2) is 29.2 Å². The summed E-state index contributed by atoms with van der Waals surface area (Å²) in [7, 11) is -3.15. The standard InChI is InChI=1S/C12H16O4S/c1-3-12(8-13)11(16-12)9-4-6-10(7-5-9)17(2,14)15/h4-7,11,13H,3,8H2,1-2H3/t11-,12-/m1/s1. The molecule has 0 amide bonds. The third-order valence-corrected chi connectivity index (χ3v) is 4.38. The lowest BCUT2D eigenvalue weighted by Crippen LogP contribution is -2.16. The lowest BCUT2D eigenvalue weighted by Gasteiger charge is -2.05. The number of ether oxygens (including phenoxy) is 1. The third kappa shape index (κ3) is 2.22. The normalized spacial score (nSPS) is 28.1. The molecule has 0 aliphatic carbocycles. The fourth-order valence-corrected chi connectivity index (χ4v) is 2.59. The molecule has 0 bridgehead atoms. The minimum Gasteiger partial charge on any atom is -0.393 e. The van der Waals surface area contributed by atoms with Crippen molar-refractivity contribution in [2.24, 2.45) is 0 Å². The SMILES string of the molecule is CC[C@]1(CO)O[C@@H]1c1ccc(S(C)(=O)=O)cc1. The van der Waals surface area contributed by atoms with Gasteiger partial charge in [-0.15, -0.1) is 0 Å². The van der Waals surface area contributed by atoms with Gasteiger partial charge in [0.15, 0.2) is 9.84 Å². The van der Waals surface area contributed by atoms with Crippen molar-refractivity contribution in [2.45, 2.75) is 29.9 Å². The number of epoxide rings is 1. The highest BCUT2D eigenvalue weighted by Crippen LogP contribution is 2.51. The van der Waals surface area contributed by atoms with Crippen molar-refractivity contribution in [1.82, 2.24) is 0 Å². The van der Waals surface area contributed by atoms with Crippen molar-refractivity contribution in [3.63, 3.8) is 0 Å². The molecular formula is C12H16O4S. The van der Waals surface area contributed by atoms with Crippen molar-refractivity contribution >= 4 is 9.84 Å². The average molecular weight is 256 g/mol. The van der Waals surface area contributed by atoms with Gasteiger partial charge in [0.2, 0.25) is 0 Å². The molecule has 5 heteroatoms. The van der Waals surface area contributed by atoms with E-state index in [9.17, 15) is 13.5 Å². The molecule has 1 aromatic rings. The van der Waals surface area contributed by atoms with Crippen LogP contribution >= 0.6 is 0 Å². The van der Waals surface area contributed by atoms with Gasteiger partial charge in [0.1, 0.15) is 11.7 Å². The summed E-state index contributed by atoms with van der Waals surface area (Å²) in [4.78, 5) is 0.299. The van der Waals surface area contributed by atoms with E-state index in [-0.39, 0.29) is 12.7 Å². The fourth-order valence-electron chi connectivity index (χ4n) is 1.96. The van der Waals surface area contributed by atoms with Crippen LogP contribution in [0.2, 0.25) is 0 Å². The summed E-state index contributed by atoms with van der Waals surface area (Å²) in [6.45, 7) is 1.95. The molecule has 1 aromatic carbocycles. The first-order valence-electron chi connectivity index (χ1n) is 5.51. The summed E-state index contributed by atoms with van der Waals surface area (Å²) in [6.07, 6.45) is 1.80. The van der Waals surface area contributed by atoms with Crippen molar-refractivity contribution in [1.29, 1.82) is 0 Å². The Labute approximate surface area is 101 Å². The largest absolute Gasteiger partial charge is 0.393 e. The predicted octanol–water partition coefficient (Wildman–Crippen LogP) is 1.30. The summed E-state index contributed by atoms with van der Waals surface area (Å²) in [5.74, 6) is 0. The van der Waals surface area contributed by atoms with Gasteiger partial charge in [-0.2, -0.15) is 0 Å². The second-order valence-corrected chi connectivity index (χ2v) is 6.43. The highest BCUT2D eigenvalue weighted by Gasteiger charge is 2.55. The van der Waals surface area contributed by atoms with Gasteiger partial charge in [0, 0.05) is 6.26 Å². The van der Waals surface area contributed by atoms with E-state index in [0.717, 1.165) is 12.0 Å². The molecule has 1 aliphatic heterocycles. The molecule has 4 nitrogen and oxygen atoms in total. The number of sulfone groups is 1. The minimum atomic E-state index is -3.15. The van der Waals surface area contributed by atoms with E-state index in [1.54, 1.807) is 24.3 Å². The fraction of sp³-hybridized carbons (Fsp3) is 0.500. The van der Waals surface area contributed by atoms with Gasteiger partial charge in [0.25, 0.3) is 0 Å². The maximum atomic E-state index is 11.3. The third-order valence-electron chi connectivity index (χ3n) is 3.25. The molecule has 2 rings (SSSR count). The Hall–Kier alpha value is -0.910. The Morgan fingerprint density at radius 2 is 1.94 bits per heavy atom. The molecule has 2 atom stereocenters. The molecule has 1 heterocycles. The number of hydrogen-bond donors (Lipinski definition) is 1. The topological polar surface area (TPSA) is 66.9 Å². The molecule has 1 fully saturated rings. The Balaban J connectivity index is 2.22. The Kier molecular flexibility index (Phi) is 3.01. The number of benzene rings is 1. The van der Waals surface area contributed by atoms with Crippen LogP contribution < -0.4 is 0 Å². The molecule has 0 radical (unpaired) electrons. The summed E-state index contributed by atoms with van der Waals surface area (Å²) in [6, 6.07) is 6.64. The first-order valence-corrected chi connectivity index (χ1v) is 7.41. The van der Waals surface area contributed by atoms with Gasteiger partial charge >= 0.3 is 0 Å². The summed E-state index contributed by atoms with van der Waals surface area (Å²) in [5, 5.41) is 9.25. The van der Waals surface area contributed by atoms with E-state index in [4.69, 9.17) is 4.74 Å². The van der Waals surface area contributed by atoms with Crippen LogP contribution in [-0.2, 0) is 14.6 Å². The zero-order valence-corrected chi connectivity index (χ0v) is 10.7. The predicted molar refractivity (Wildman–Crippen MR) is 63.5 cm³/mol. The van der Waals surface area contributed by atoms with Crippen LogP contribution in [0, 0.1) is 0 Å². The number of rotatable bonds is 4. The van der Waals surface area contributed by atoms with Crippen LogP contribution in [0.5, 0.6) is 0 Å². The molecule has 94 valence electrons. The van der Waals surface area contributed by atoms with E-state index in [1.807, 2.05) is 6.92 Å². The Bertz CT molecular complexity index is 500. The Morgan fingerprint density at radius 1 is 1.35 bits per heavy atom. The van der Waals surface area contributed by atoms with Crippen molar-refractivity contribution < 1.29 is 18.3 Å². The van der Waals surface area contributed by atoms with Gasteiger partial charge in [-0.05, 0) is 24.1 Å². The van der Waals surface area contributed by atoms with Crippen LogP contribution in [0.4, 0.5) is 0 Å². The summed E-state index contributed by atoms with van der Waals surface area (Å²) in [5.41, 5.74) is 0.445. The van der Waals surface area contributed by atoms with E-state index < -0.39 is 15.4 Å². The van der Waals surface area contributed by atoms with Crippen LogP contribution in [0.25, 0.3) is 0 Å². The molecule has 0 aromatic heterocycles. The van der Waals surface area contributed by atoms with Crippen molar-refractivity contribution in [2.75, 3.05) is 12.9 Å². The molecule has 1 N–H and O–H groups in total. The van der Waals surface area contributed by atoms with Crippen molar-refractivity contribution in [3.05, 3.63) is 29.8 Å². The molecule has 0 spiro atoms. The number of aliphatic hydroxyl groups is 1. The first kappa shape index (κ1) is 12.5. The average Bonchev–Trinajstić information content (AvgIpc) is 3.03. The summed E-state index contributed by atoms with van der Waals surface area (Å²) >= 11 is 0. The Morgan fingerprint density at radius 3 is 2.29 bits per heavy atom. The van der Waals surface area contributed by atoms with Gasteiger partial charge in [-0.25, -0.2) is 8.42 Å². The monoisotopic (exact) mass is 256 g/mol. The summed E-state index contributed by atoms with van der Waals surface area (Å²) < 4.78 is 28.1. The van der Waals surface area contributed by atoms with E-state index in [1.165, 1.54) is 6.26 Å². The maximum absolute atomic E-state index is 11.3. The molecule has 1 saturated heterocycles. The maximum Gasteiger partial charge on any atom is 0.175 e. The van der Waals surface area contributed by atoms with Gasteiger partial charge in [-0.1, -0.05) is 19.1 Å². The quantitative estimate of drug-likeness (QED) is 0.825. The highest BCUT2D eigenvalue weighted by molar-refractivity contribution is 7.90. The number of aliphatic hydroxyl groups excluding tert-OH is 1. The molecule has 17 heavy (non-hydrogen) atoms. The zero-order valence-electron chi connectivity index (χ0n) is 9.88.